The molecule has 0 fully saturated rings. The lowest BCUT2D eigenvalue weighted by Gasteiger charge is -2.09. The maximum atomic E-state index is 12.3. The molecule has 2 aromatic carbocycles. The Morgan fingerprint density at radius 2 is 1.69 bits per heavy atom. The van der Waals surface area contributed by atoms with Crippen LogP contribution in [0.4, 0.5) is 16.3 Å². The van der Waals surface area contributed by atoms with Crippen LogP contribution in [0.1, 0.15) is 27.0 Å². The second kappa shape index (κ2) is 9.36. The highest BCUT2D eigenvalue weighted by molar-refractivity contribution is 6.05. The number of carbonyl (C=O) groups excluding carboxylic acids is 2. The molecule has 0 aliphatic rings. The normalized spacial score (nSPS) is 10.2. The Morgan fingerprint density at radius 3 is 2.38 bits per heavy atom. The number of nitrogens with two attached hydrogens (primary N) is 1. The number of anilines is 2. The number of aromatic nitrogens is 1. The monoisotopic (exact) mass is 390 g/mol. The second-order valence-corrected chi connectivity index (χ2v) is 6.50. The van der Waals surface area contributed by atoms with Gasteiger partial charge >= 0.3 is 6.09 Å². The number of rotatable bonds is 6. The topological polar surface area (TPSA) is 106 Å². The molecule has 0 spiro atoms. The molecule has 0 atom stereocenters. The summed E-state index contributed by atoms with van der Waals surface area (Å²) >= 11 is 0. The highest BCUT2D eigenvalue weighted by Gasteiger charge is 2.09. The molecule has 4 N–H and O–H groups in total. The van der Waals surface area contributed by atoms with Crippen molar-refractivity contribution in [1.82, 2.24) is 10.3 Å². The Hall–Kier alpha value is -3.87. The van der Waals surface area contributed by atoms with Crippen LogP contribution in [0.25, 0.3) is 0 Å². The minimum Gasteiger partial charge on any atom is -0.445 e. The number of alkyl carbamates (subject to hydrolysis) is 1. The maximum Gasteiger partial charge on any atom is 0.407 e. The van der Waals surface area contributed by atoms with Gasteiger partial charge in [0, 0.05) is 18.3 Å². The largest absolute Gasteiger partial charge is 0.445 e. The van der Waals surface area contributed by atoms with E-state index in [-0.39, 0.29) is 18.3 Å². The minimum atomic E-state index is -0.501. The summed E-state index contributed by atoms with van der Waals surface area (Å²) in [5, 5.41) is 5.41. The Morgan fingerprint density at radius 1 is 1.00 bits per heavy atom. The Kier molecular flexibility index (Phi) is 6.42. The van der Waals surface area contributed by atoms with Gasteiger partial charge in [-0.05, 0) is 42.3 Å². The van der Waals surface area contributed by atoms with Gasteiger partial charge < -0.3 is 21.1 Å². The molecule has 0 saturated carbocycles. The van der Waals surface area contributed by atoms with Crippen molar-refractivity contribution >= 4 is 23.5 Å². The number of ether oxygens (including phenoxy) is 1. The minimum absolute atomic E-state index is 0.211. The van der Waals surface area contributed by atoms with Crippen molar-refractivity contribution in [2.24, 2.45) is 0 Å². The molecule has 0 radical (unpaired) electrons. The first kappa shape index (κ1) is 19.9. The SMILES string of the molecule is Cc1ccc(COC(=O)NCc2ccc(C(=O)Nc3cccnc3N)cc2)cc1. The van der Waals surface area contributed by atoms with Gasteiger partial charge in [-0.25, -0.2) is 9.78 Å². The van der Waals surface area contributed by atoms with Gasteiger partial charge in [0.2, 0.25) is 0 Å². The molecule has 7 nitrogen and oxygen atoms in total. The molecule has 3 aromatic rings. The molecule has 1 aromatic heterocycles. The van der Waals surface area contributed by atoms with E-state index in [1.807, 2.05) is 31.2 Å². The number of nitrogens with one attached hydrogen (secondary N) is 2. The third-order valence-electron chi connectivity index (χ3n) is 4.23. The van der Waals surface area contributed by atoms with Crippen molar-refractivity contribution in [2.45, 2.75) is 20.1 Å². The fourth-order valence-electron chi connectivity index (χ4n) is 2.55. The van der Waals surface area contributed by atoms with Crippen LogP contribution < -0.4 is 16.4 Å². The van der Waals surface area contributed by atoms with Crippen LogP contribution in [0.3, 0.4) is 0 Å². The Labute approximate surface area is 168 Å². The number of carbonyl (C=O) groups is 2. The van der Waals surface area contributed by atoms with E-state index >= 15 is 0 Å². The average molecular weight is 390 g/mol. The average Bonchev–Trinajstić information content (AvgIpc) is 2.74. The Bertz CT molecular complexity index is 986. The van der Waals surface area contributed by atoms with Crippen molar-refractivity contribution in [3.8, 4) is 0 Å². The van der Waals surface area contributed by atoms with E-state index < -0.39 is 6.09 Å². The molecular formula is C22H22N4O3. The molecule has 0 unspecified atom stereocenters. The Balaban J connectivity index is 1.47. The summed E-state index contributed by atoms with van der Waals surface area (Å²) in [4.78, 5) is 28.1. The number of nitrogens with zero attached hydrogens (tertiary/aromatic N) is 1. The summed E-state index contributed by atoms with van der Waals surface area (Å²) < 4.78 is 5.20. The number of pyridine rings is 1. The van der Waals surface area contributed by atoms with Gasteiger partial charge in [-0.15, -0.1) is 0 Å². The van der Waals surface area contributed by atoms with Crippen LogP contribution in [0.2, 0.25) is 0 Å². The maximum absolute atomic E-state index is 12.3. The molecular weight excluding hydrogens is 368 g/mol. The molecule has 0 aliphatic carbocycles. The number of nitrogen functional groups attached to an aromatic ring is 1. The molecule has 0 bridgehead atoms. The van der Waals surface area contributed by atoms with Gasteiger partial charge in [-0.1, -0.05) is 42.0 Å². The van der Waals surface area contributed by atoms with Crippen LogP contribution in [0.5, 0.6) is 0 Å². The van der Waals surface area contributed by atoms with Gasteiger partial charge in [0.15, 0.2) is 0 Å². The first-order valence-electron chi connectivity index (χ1n) is 9.08. The molecule has 148 valence electrons. The van der Waals surface area contributed by atoms with Gasteiger partial charge in [-0.3, -0.25) is 4.79 Å². The number of aryl methyl sites for hydroxylation is 1. The highest BCUT2D eigenvalue weighted by atomic mass is 16.5. The summed E-state index contributed by atoms with van der Waals surface area (Å²) in [6.07, 6.45) is 1.05. The van der Waals surface area contributed by atoms with Gasteiger partial charge in [-0.2, -0.15) is 0 Å². The van der Waals surface area contributed by atoms with Gasteiger partial charge in [0.05, 0.1) is 5.69 Å². The lowest BCUT2D eigenvalue weighted by molar-refractivity contribution is 0.102. The molecule has 0 saturated heterocycles. The van der Waals surface area contributed by atoms with E-state index in [1.54, 1.807) is 42.6 Å². The summed E-state index contributed by atoms with van der Waals surface area (Å²) in [5.41, 5.74) is 9.58. The van der Waals surface area contributed by atoms with Crippen LogP contribution in [-0.4, -0.2) is 17.0 Å². The summed E-state index contributed by atoms with van der Waals surface area (Å²) in [5.74, 6) is -0.0347. The van der Waals surface area contributed by atoms with E-state index in [9.17, 15) is 9.59 Å². The van der Waals surface area contributed by atoms with Gasteiger partial charge in [0.25, 0.3) is 5.91 Å². The van der Waals surface area contributed by atoms with E-state index in [0.29, 0.717) is 17.8 Å². The van der Waals surface area contributed by atoms with Crippen molar-refractivity contribution in [1.29, 1.82) is 0 Å². The van der Waals surface area contributed by atoms with Crippen LogP contribution in [-0.2, 0) is 17.9 Å². The smallest absolute Gasteiger partial charge is 0.407 e. The molecule has 0 aliphatic heterocycles. The third-order valence-corrected chi connectivity index (χ3v) is 4.23. The van der Waals surface area contributed by atoms with Crippen LogP contribution >= 0.6 is 0 Å². The first-order chi connectivity index (χ1) is 14.0. The van der Waals surface area contributed by atoms with Crippen LogP contribution in [0, 0.1) is 6.92 Å². The second-order valence-electron chi connectivity index (χ2n) is 6.50. The van der Waals surface area contributed by atoms with E-state index in [4.69, 9.17) is 10.5 Å². The summed E-state index contributed by atoms with van der Waals surface area (Å²) in [6.45, 7) is 2.51. The zero-order valence-corrected chi connectivity index (χ0v) is 16.0. The highest BCUT2D eigenvalue weighted by Crippen LogP contribution is 2.15. The molecule has 3 rings (SSSR count). The number of amides is 2. The molecule has 29 heavy (non-hydrogen) atoms. The van der Waals surface area contributed by atoms with Crippen molar-refractivity contribution in [3.05, 3.63) is 89.1 Å². The zero-order valence-electron chi connectivity index (χ0n) is 16.0. The van der Waals surface area contributed by atoms with Crippen molar-refractivity contribution < 1.29 is 14.3 Å². The molecule has 7 heteroatoms. The molecule has 2 amide bonds. The predicted molar refractivity (Wildman–Crippen MR) is 111 cm³/mol. The van der Waals surface area contributed by atoms with E-state index in [2.05, 4.69) is 15.6 Å². The van der Waals surface area contributed by atoms with Crippen molar-refractivity contribution in [3.63, 3.8) is 0 Å². The summed E-state index contributed by atoms with van der Waals surface area (Å²) in [6, 6.07) is 18.0. The first-order valence-corrected chi connectivity index (χ1v) is 9.08. The fraction of sp³-hybridized carbons (Fsp3) is 0.136. The summed E-state index contributed by atoms with van der Waals surface area (Å²) in [7, 11) is 0. The number of hydrogen-bond acceptors (Lipinski definition) is 5. The quantitative estimate of drug-likeness (QED) is 0.596. The van der Waals surface area contributed by atoms with E-state index in [1.165, 1.54) is 0 Å². The fourth-order valence-corrected chi connectivity index (χ4v) is 2.55. The molecule has 1 heterocycles. The number of benzene rings is 2. The predicted octanol–water partition coefficient (Wildman–Crippen LogP) is 3.65. The standard InChI is InChI=1S/C22H22N4O3/c1-15-4-6-17(7-5-15)14-29-22(28)25-13-16-8-10-18(11-9-16)21(27)26-19-3-2-12-24-20(19)23/h2-12H,13-14H2,1H3,(H2,23,24)(H,25,28)(H,26,27). The lowest BCUT2D eigenvalue weighted by Crippen LogP contribution is -2.23. The van der Waals surface area contributed by atoms with Crippen LogP contribution in [0.15, 0.2) is 66.9 Å². The van der Waals surface area contributed by atoms with Gasteiger partial charge in [0.1, 0.15) is 12.4 Å². The number of hydrogen-bond donors (Lipinski definition) is 3. The zero-order chi connectivity index (χ0) is 20.6. The third kappa shape index (κ3) is 5.80. The lowest BCUT2D eigenvalue weighted by atomic mass is 10.1. The van der Waals surface area contributed by atoms with E-state index in [0.717, 1.165) is 16.7 Å². The van der Waals surface area contributed by atoms with Crippen molar-refractivity contribution in [2.75, 3.05) is 11.1 Å².